The third-order valence-corrected chi connectivity index (χ3v) is 7.30. The molecule has 0 aromatic carbocycles. The smallest absolute Gasteiger partial charge is 0.281 e. The quantitative estimate of drug-likeness (QED) is 0.400. The van der Waals surface area contributed by atoms with Gasteiger partial charge in [-0.25, -0.2) is 23.7 Å². The third-order valence-electron chi connectivity index (χ3n) is 7.30. The second-order valence-electron chi connectivity index (χ2n) is 9.15. The maximum Gasteiger partial charge on any atom is 0.281 e. The average molecular weight is 453 g/mol. The van der Waals surface area contributed by atoms with Crippen LogP contribution in [0.2, 0.25) is 0 Å². The molecule has 3 aliphatic rings. The largest absolute Gasteiger partial charge is 0.426 e. The summed E-state index contributed by atoms with van der Waals surface area (Å²) < 4.78 is 46.8. The molecule has 3 fully saturated rings. The molecule has 0 radical (unpaired) electrons. The van der Waals surface area contributed by atoms with E-state index in [1.54, 1.807) is 12.3 Å². The molecule has 0 saturated heterocycles. The first-order valence-corrected chi connectivity index (χ1v) is 11.2. The van der Waals surface area contributed by atoms with Gasteiger partial charge in [-0.05, 0) is 49.5 Å². The summed E-state index contributed by atoms with van der Waals surface area (Å²) in [6.45, 7) is 2.26. The molecule has 7 rings (SSSR count). The van der Waals surface area contributed by atoms with E-state index in [-0.39, 0.29) is 23.3 Å². The highest BCUT2D eigenvalue weighted by Crippen LogP contribution is 2.46. The van der Waals surface area contributed by atoms with Gasteiger partial charge in [0, 0.05) is 29.3 Å². The Bertz CT molecular complexity index is 1340. The zero-order valence-electron chi connectivity index (χ0n) is 17.9. The number of fused-ring (bicyclic) bond motifs is 4. The Kier molecular flexibility index (Phi) is 4.67. The molecule has 2 atom stereocenters. The number of nitrogens with one attached hydrogen (secondary N) is 2. The van der Waals surface area contributed by atoms with Gasteiger partial charge in [0.05, 0.1) is 12.3 Å². The normalized spacial score (nSPS) is 24.5. The highest BCUT2D eigenvalue weighted by atomic mass is 19.1. The van der Waals surface area contributed by atoms with Gasteiger partial charge in [-0.1, -0.05) is 6.92 Å². The van der Waals surface area contributed by atoms with Crippen molar-refractivity contribution < 1.29 is 17.6 Å². The Labute approximate surface area is 187 Å². The number of aromatic nitrogens is 4. The van der Waals surface area contributed by atoms with Gasteiger partial charge in [-0.2, -0.15) is 4.39 Å². The summed E-state index contributed by atoms with van der Waals surface area (Å²) in [6.07, 6.45) is 7.58. The van der Waals surface area contributed by atoms with Crippen LogP contribution in [0.5, 0.6) is 0 Å². The topological polar surface area (TPSA) is 79.6 Å². The number of rotatable bonds is 4. The standard InChI is InChI=1S/C24H22F3N5O/c1-11-12-2-4-13(5-3-12)21(11)31-20-8-18(22-17(26)7-19(27)33-22)30-24(32-20)16-10-29-23-15(16)6-14(25)9-28-23/h6-13,21H,2-5H2,1H3,(H,28,29)(H,30,31,32). The van der Waals surface area contributed by atoms with E-state index in [0.29, 0.717) is 46.2 Å². The van der Waals surface area contributed by atoms with Crippen molar-refractivity contribution in [1.82, 2.24) is 19.9 Å². The Balaban J connectivity index is 1.47. The molecule has 170 valence electrons. The summed E-state index contributed by atoms with van der Waals surface area (Å²) >= 11 is 0. The molecule has 4 aromatic rings. The molecule has 3 aliphatic carbocycles. The van der Waals surface area contributed by atoms with Crippen LogP contribution in [0.25, 0.3) is 33.9 Å². The summed E-state index contributed by atoms with van der Waals surface area (Å²) in [7, 11) is 0. The van der Waals surface area contributed by atoms with Crippen molar-refractivity contribution in [3.63, 3.8) is 0 Å². The van der Waals surface area contributed by atoms with Crippen molar-refractivity contribution in [1.29, 1.82) is 0 Å². The fraction of sp³-hybridized carbons (Fsp3) is 0.375. The second-order valence-corrected chi connectivity index (χ2v) is 9.15. The summed E-state index contributed by atoms with van der Waals surface area (Å²) in [5.74, 6) is 0.769. The molecule has 2 bridgehead atoms. The maximum atomic E-state index is 14.4. The summed E-state index contributed by atoms with van der Waals surface area (Å²) in [4.78, 5) is 16.1. The number of pyridine rings is 1. The maximum absolute atomic E-state index is 14.4. The van der Waals surface area contributed by atoms with Crippen LogP contribution in [0.3, 0.4) is 0 Å². The molecule has 2 unspecified atom stereocenters. The fourth-order valence-electron chi connectivity index (χ4n) is 5.61. The van der Waals surface area contributed by atoms with Crippen LogP contribution in [0.1, 0.15) is 32.6 Å². The number of nitrogens with zero attached hydrogens (tertiary/aromatic N) is 3. The first-order chi connectivity index (χ1) is 16.0. The number of halogens is 3. The minimum atomic E-state index is -1.03. The molecular formula is C24H22F3N5O. The van der Waals surface area contributed by atoms with E-state index in [9.17, 15) is 13.2 Å². The number of anilines is 1. The summed E-state index contributed by atoms with van der Waals surface area (Å²) in [6, 6.07) is 2.79. The fourth-order valence-corrected chi connectivity index (χ4v) is 5.61. The number of hydrogen-bond donors (Lipinski definition) is 2. The third kappa shape index (κ3) is 3.46. The van der Waals surface area contributed by atoms with Crippen molar-refractivity contribution >= 4 is 16.9 Å². The van der Waals surface area contributed by atoms with Crippen LogP contribution < -0.4 is 5.32 Å². The van der Waals surface area contributed by atoms with E-state index in [2.05, 4.69) is 32.2 Å². The lowest BCUT2D eigenvalue weighted by atomic mass is 9.62. The van der Waals surface area contributed by atoms with E-state index < -0.39 is 17.6 Å². The van der Waals surface area contributed by atoms with Gasteiger partial charge in [0.1, 0.15) is 23.0 Å². The van der Waals surface area contributed by atoms with Crippen molar-refractivity contribution in [2.75, 3.05) is 5.32 Å². The lowest BCUT2D eigenvalue weighted by molar-refractivity contribution is 0.0928. The highest BCUT2D eigenvalue weighted by Gasteiger charge is 2.41. The lowest BCUT2D eigenvalue weighted by Crippen LogP contribution is -2.47. The van der Waals surface area contributed by atoms with E-state index in [1.807, 2.05) is 0 Å². The first-order valence-electron chi connectivity index (χ1n) is 11.2. The van der Waals surface area contributed by atoms with Gasteiger partial charge in [0.25, 0.3) is 6.01 Å². The molecule has 6 nitrogen and oxygen atoms in total. The van der Waals surface area contributed by atoms with Crippen molar-refractivity contribution in [2.24, 2.45) is 17.8 Å². The van der Waals surface area contributed by atoms with Crippen LogP contribution in [0.4, 0.5) is 19.0 Å². The minimum Gasteiger partial charge on any atom is -0.426 e. The SMILES string of the molecule is CC1C2CCC(CC2)C1Nc1cc(-c2oc(F)cc2F)nc(-c2c[nH]c3ncc(F)cc23)n1. The van der Waals surface area contributed by atoms with Crippen LogP contribution in [0, 0.1) is 35.4 Å². The van der Waals surface area contributed by atoms with E-state index in [1.165, 1.54) is 31.7 Å². The molecule has 4 heterocycles. The van der Waals surface area contributed by atoms with E-state index >= 15 is 0 Å². The number of furan rings is 1. The molecule has 33 heavy (non-hydrogen) atoms. The van der Waals surface area contributed by atoms with Crippen LogP contribution in [-0.4, -0.2) is 26.0 Å². The molecule has 0 spiro atoms. The van der Waals surface area contributed by atoms with Crippen molar-refractivity contribution in [2.45, 2.75) is 38.6 Å². The number of aromatic amines is 1. The van der Waals surface area contributed by atoms with Gasteiger partial charge in [0.2, 0.25) is 0 Å². The first kappa shape index (κ1) is 20.3. The molecule has 2 N–H and O–H groups in total. The Morgan fingerprint density at radius 2 is 1.82 bits per heavy atom. The monoisotopic (exact) mass is 453 g/mol. The average Bonchev–Trinajstić information content (AvgIpc) is 3.38. The molecule has 0 amide bonds. The van der Waals surface area contributed by atoms with Crippen molar-refractivity contribution in [3.8, 4) is 22.8 Å². The number of hydrogen-bond acceptors (Lipinski definition) is 5. The Hall–Kier alpha value is -3.36. The lowest BCUT2D eigenvalue weighted by Gasteiger charge is -2.47. The van der Waals surface area contributed by atoms with E-state index in [4.69, 9.17) is 4.42 Å². The van der Waals surface area contributed by atoms with Crippen LogP contribution in [0.15, 0.2) is 35.0 Å². The molecule has 3 saturated carbocycles. The Morgan fingerprint density at radius 1 is 1.03 bits per heavy atom. The van der Waals surface area contributed by atoms with Crippen LogP contribution in [-0.2, 0) is 0 Å². The zero-order chi connectivity index (χ0) is 22.7. The minimum absolute atomic E-state index is 0.108. The molecule has 9 heteroatoms. The van der Waals surface area contributed by atoms with Crippen molar-refractivity contribution in [3.05, 3.63) is 48.2 Å². The van der Waals surface area contributed by atoms with Crippen LogP contribution >= 0.6 is 0 Å². The predicted octanol–water partition coefficient (Wildman–Crippen LogP) is 5.93. The predicted molar refractivity (Wildman–Crippen MR) is 117 cm³/mol. The summed E-state index contributed by atoms with van der Waals surface area (Å²) in [5.41, 5.74) is 1.09. The van der Waals surface area contributed by atoms with Gasteiger partial charge in [0.15, 0.2) is 17.4 Å². The Morgan fingerprint density at radius 3 is 2.55 bits per heavy atom. The molecular weight excluding hydrogens is 431 g/mol. The zero-order valence-corrected chi connectivity index (χ0v) is 17.9. The van der Waals surface area contributed by atoms with Gasteiger partial charge in [-0.15, -0.1) is 0 Å². The molecule has 4 aromatic heterocycles. The second kappa shape index (κ2) is 7.60. The van der Waals surface area contributed by atoms with E-state index in [0.717, 1.165) is 6.20 Å². The van der Waals surface area contributed by atoms with Gasteiger partial charge < -0.3 is 14.7 Å². The highest BCUT2D eigenvalue weighted by molar-refractivity contribution is 5.92. The number of H-pyrrole nitrogens is 1. The van der Waals surface area contributed by atoms with Gasteiger partial charge in [-0.3, -0.25) is 0 Å². The van der Waals surface area contributed by atoms with Gasteiger partial charge >= 0.3 is 0 Å². The molecule has 0 aliphatic heterocycles. The summed E-state index contributed by atoms with van der Waals surface area (Å²) in [5, 5.41) is 4.05.